The molecule has 5 N–H and O–H groups in total. The Labute approximate surface area is 211 Å². The van der Waals surface area contributed by atoms with Gasteiger partial charge in [0.05, 0.1) is 36.6 Å². The zero-order valence-electron chi connectivity index (χ0n) is 21.1. The molecule has 1 saturated carbocycles. The van der Waals surface area contributed by atoms with E-state index >= 15 is 4.39 Å². The Bertz CT molecular complexity index is 1080. The largest absolute Gasteiger partial charge is 0.508 e. The number of aliphatic hydroxyl groups excluding tert-OH is 1. The van der Waals surface area contributed by atoms with Crippen LogP contribution in [0.25, 0.3) is 5.57 Å². The summed E-state index contributed by atoms with van der Waals surface area (Å²) in [6.45, 7) is 4.43. The summed E-state index contributed by atoms with van der Waals surface area (Å²) in [7, 11) is 1.70. The van der Waals surface area contributed by atoms with Gasteiger partial charge in [0.1, 0.15) is 17.7 Å². The number of fused-ring (bicyclic) bond motifs is 1. The number of aromatic hydroxyl groups is 1. The van der Waals surface area contributed by atoms with Crippen LogP contribution in [0.5, 0.6) is 5.75 Å². The summed E-state index contributed by atoms with van der Waals surface area (Å²) in [5.74, 6) is 0.944. The molecule has 36 heavy (non-hydrogen) atoms. The number of hydrogen-bond acceptors (Lipinski definition) is 7. The van der Waals surface area contributed by atoms with Gasteiger partial charge in [-0.25, -0.2) is 14.8 Å². The summed E-state index contributed by atoms with van der Waals surface area (Å²) >= 11 is 0. The minimum Gasteiger partial charge on any atom is -0.508 e. The number of nitrogens with one attached hydrogen (secondary N) is 3. The molecule has 0 amide bonds. The van der Waals surface area contributed by atoms with Crippen LogP contribution in [0, 0.1) is 5.92 Å². The number of ether oxygens (including phenoxy) is 1. The number of rotatable bonds is 9. The lowest BCUT2D eigenvalue weighted by molar-refractivity contribution is 0.135. The minimum atomic E-state index is -1.03. The summed E-state index contributed by atoms with van der Waals surface area (Å²) in [6.07, 6.45) is 6.25. The molecule has 5 rings (SSSR count). The second-order valence-electron chi connectivity index (χ2n) is 10.3. The molecular weight excluding hydrogens is 461 g/mol. The van der Waals surface area contributed by atoms with Crippen LogP contribution in [0.4, 0.5) is 4.39 Å². The molecule has 2 aromatic rings. The van der Waals surface area contributed by atoms with Crippen molar-refractivity contribution in [3.05, 3.63) is 53.1 Å². The van der Waals surface area contributed by atoms with Gasteiger partial charge in [-0.05, 0) is 54.5 Å². The zero-order valence-corrected chi connectivity index (χ0v) is 21.1. The van der Waals surface area contributed by atoms with Crippen LogP contribution in [0.15, 0.2) is 30.5 Å². The van der Waals surface area contributed by atoms with Crippen molar-refractivity contribution in [3.63, 3.8) is 0 Å². The van der Waals surface area contributed by atoms with Gasteiger partial charge in [-0.15, -0.1) is 0 Å². The van der Waals surface area contributed by atoms with E-state index in [9.17, 15) is 10.2 Å². The predicted octanol–water partition coefficient (Wildman–Crippen LogP) is 2.82. The average Bonchev–Trinajstić information content (AvgIpc) is 3.62. The minimum absolute atomic E-state index is 0.00487. The molecule has 0 radical (unpaired) electrons. The van der Waals surface area contributed by atoms with Gasteiger partial charge >= 0.3 is 0 Å². The van der Waals surface area contributed by atoms with E-state index in [1.54, 1.807) is 19.2 Å². The molecule has 5 unspecified atom stereocenters. The third-order valence-corrected chi connectivity index (χ3v) is 8.19. The number of nitrogens with zero attached hydrogens (tertiary/aromatic N) is 2. The van der Waals surface area contributed by atoms with Crippen molar-refractivity contribution in [2.24, 2.45) is 5.92 Å². The van der Waals surface area contributed by atoms with E-state index in [0.29, 0.717) is 6.61 Å². The molecule has 3 heterocycles. The Morgan fingerprint density at radius 1 is 1.25 bits per heavy atom. The number of aromatic amines is 1. The highest BCUT2D eigenvalue weighted by molar-refractivity contribution is 5.66. The highest BCUT2D eigenvalue weighted by atomic mass is 19.1. The van der Waals surface area contributed by atoms with E-state index in [4.69, 9.17) is 4.74 Å². The summed E-state index contributed by atoms with van der Waals surface area (Å²) in [5.41, 5.74) is 10.6. The number of aromatic nitrogens is 2. The Balaban J connectivity index is 1.27. The molecule has 1 saturated heterocycles. The Kier molecular flexibility index (Phi) is 7.73. The molecule has 6 atom stereocenters. The number of H-pyrrole nitrogens is 1. The lowest BCUT2D eigenvalue weighted by atomic mass is 9.71. The number of alkyl halides is 1. The first-order chi connectivity index (χ1) is 17.5. The maximum Gasteiger partial charge on any atom is 0.125 e. The van der Waals surface area contributed by atoms with E-state index < -0.39 is 6.17 Å². The maximum absolute atomic E-state index is 15.9. The van der Waals surface area contributed by atoms with Crippen molar-refractivity contribution in [1.29, 1.82) is 0 Å². The molecular formula is C27H38FN5O3. The van der Waals surface area contributed by atoms with E-state index in [1.165, 1.54) is 0 Å². The third kappa shape index (κ3) is 4.82. The standard InChI is InChI=1S/C27H38FN5O3/c1-3-16-12-19(35)5-6-20(16)21-7-8-22-25(24(21)28)31-32-26(22)27-29-13-23(30-27)17-11-18(15-34)33(14-17)9-4-10-36-2/h5-6,11-13,18,21-22,24-26,31-32,34-35H,3-4,7-10,14-15H2,1-2H3,(H,29,30)/t18-,21?,22?,24?,25?,26?/m1/s1. The van der Waals surface area contributed by atoms with Gasteiger partial charge in [0.15, 0.2) is 0 Å². The number of hydrazine groups is 1. The molecule has 196 valence electrons. The van der Waals surface area contributed by atoms with Crippen molar-refractivity contribution in [1.82, 2.24) is 25.7 Å². The second-order valence-corrected chi connectivity index (χ2v) is 10.3. The van der Waals surface area contributed by atoms with Crippen molar-refractivity contribution in [3.8, 4) is 5.75 Å². The van der Waals surface area contributed by atoms with E-state index in [-0.39, 0.29) is 42.3 Å². The van der Waals surface area contributed by atoms with Crippen molar-refractivity contribution in [2.45, 2.75) is 62.8 Å². The normalized spacial score (nSPS) is 30.5. The molecule has 2 fully saturated rings. The van der Waals surface area contributed by atoms with E-state index in [0.717, 1.165) is 67.0 Å². The maximum atomic E-state index is 15.9. The van der Waals surface area contributed by atoms with Gasteiger partial charge in [-0.1, -0.05) is 19.1 Å². The van der Waals surface area contributed by atoms with Crippen LogP contribution < -0.4 is 10.9 Å². The first-order valence-electron chi connectivity index (χ1n) is 13.1. The van der Waals surface area contributed by atoms with Crippen LogP contribution in [-0.2, 0) is 11.2 Å². The lowest BCUT2D eigenvalue weighted by Gasteiger charge is -2.36. The Morgan fingerprint density at radius 3 is 2.89 bits per heavy atom. The number of phenolic OH excluding ortho intramolecular Hbond substituents is 1. The molecule has 9 heteroatoms. The fraction of sp³-hybridized carbons (Fsp3) is 0.593. The number of hydrogen-bond donors (Lipinski definition) is 5. The number of imidazole rings is 1. The van der Waals surface area contributed by atoms with Gasteiger partial charge < -0.3 is 19.9 Å². The summed E-state index contributed by atoms with van der Waals surface area (Å²) in [6, 6.07) is 4.91. The molecule has 1 aliphatic carbocycles. The molecule has 2 aliphatic heterocycles. The van der Waals surface area contributed by atoms with Crippen LogP contribution >= 0.6 is 0 Å². The molecule has 8 nitrogen and oxygen atoms in total. The number of benzene rings is 1. The molecule has 3 aliphatic rings. The summed E-state index contributed by atoms with van der Waals surface area (Å²) in [5, 5.41) is 19.7. The highest BCUT2D eigenvalue weighted by Gasteiger charge is 2.48. The summed E-state index contributed by atoms with van der Waals surface area (Å²) < 4.78 is 21.0. The number of phenols is 1. The second kappa shape index (κ2) is 11.0. The van der Waals surface area contributed by atoms with Crippen LogP contribution in [0.1, 0.15) is 60.8 Å². The Morgan fingerprint density at radius 2 is 2.11 bits per heavy atom. The van der Waals surface area contributed by atoms with Crippen molar-refractivity contribution < 1.29 is 19.3 Å². The quantitative estimate of drug-likeness (QED) is 0.338. The SMILES string of the molecule is CCc1cc(O)ccc1C1CCC2C(c3ncc(C4=C[C@H](CO)N(CCCOC)C4)[nH]3)NNC2C1F. The van der Waals surface area contributed by atoms with Gasteiger partial charge in [0, 0.05) is 38.6 Å². The number of halogens is 1. The van der Waals surface area contributed by atoms with E-state index in [2.05, 4.69) is 31.8 Å². The number of aryl methyl sites for hydroxylation is 1. The molecule has 0 bridgehead atoms. The average molecular weight is 500 g/mol. The monoisotopic (exact) mass is 499 g/mol. The highest BCUT2D eigenvalue weighted by Crippen LogP contribution is 2.45. The fourth-order valence-electron chi connectivity index (χ4n) is 6.29. The van der Waals surface area contributed by atoms with Gasteiger partial charge in [0.2, 0.25) is 0 Å². The first kappa shape index (κ1) is 25.4. The van der Waals surface area contributed by atoms with Crippen LogP contribution in [0.3, 0.4) is 0 Å². The summed E-state index contributed by atoms with van der Waals surface area (Å²) in [4.78, 5) is 10.4. The molecule has 0 spiro atoms. The van der Waals surface area contributed by atoms with Crippen molar-refractivity contribution >= 4 is 5.57 Å². The smallest absolute Gasteiger partial charge is 0.125 e. The lowest BCUT2D eigenvalue weighted by Crippen LogP contribution is -2.45. The molecule has 1 aromatic carbocycles. The molecule has 1 aromatic heterocycles. The predicted molar refractivity (Wildman–Crippen MR) is 136 cm³/mol. The topological polar surface area (TPSA) is 106 Å². The van der Waals surface area contributed by atoms with Gasteiger partial charge in [-0.2, -0.15) is 0 Å². The zero-order chi connectivity index (χ0) is 25.2. The fourth-order valence-corrected chi connectivity index (χ4v) is 6.29. The third-order valence-electron chi connectivity index (χ3n) is 8.19. The first-order valence-corrected chi connectivity index (χ1v) is 13.1. The van der Waals surface area contributed by atoms with Crippen LogP contribution in [0.2, 0.25) is 0 Å². The van der Waals surface area contributed by atoms with E-state index in [1.807, 2.05) is 19.2 Å². The number of aliphatic hydroxyl groups is 1. The number of methoxy groups -OCH3 is 1. The van der Waals surface area contributed by atoms with Gasteiger partial charge in [-0.3, -0.25) is 10.3 Å². The van der Waals surface area contributed by atoms with Crippen LogP contribution in [-0.4, -0.2) is 76.7 Å². The van der Waals surface area contributed by atoms with Crippen molar-refractivity contribution in [2.75, 3.05) is 33.4 Å². The van der Waals surface area contributed by atoms with Gasteiger partial charge in [0.25, 0.3) is 0 Å². The Hall–Kier alpha value is -2.30.